The number of hydrogen-bond acceptors (Lipinski definition) is 2. The second-order valence-electron chi connectivity index (χ2n) is 5.97. The lowest BCUT2D eigenvalue weighted by Crippen LogP contribution is -2.39. The van der Waals surface area contributed by atoms with Crippen molar-refractivity contribution in [3.05, 3.63) is 0 Å². The van der Waals surface area contributed by atoms with Crippen LogP contribution in [0.2, 0.25) is 0 Å². The average Bonchev–Trinajstić information content (AvgIpc) is 2.35. The van der Waals surface area contributed by atoms with E-state index in [1.807, 2.05) is 0 Å². The standard InChI is InChI=1S/C15H30N2O/c1-12(2)16-11-7-10-15(18)17-13(3)14-8-5-4-6-9-14/h12-14,16H,4-11H2,1-3H3,(H,17,18)/t13-/m0/s1. The molecule has 2 N–H and O–H groups in total. The molecule has 3 nitrogen and oxygen atoms in total. The van der Waals surface area contributed by atoms with Gasteiger partial charge in [0.15, 0.2) is 0 Å². The number of rotatable bonds is 7. The highest BCUT2D eigenvalue weighted by atomic mass is 16.1. The summed E-state index contributed by atoms with van der Waals surface area (Å²) in [4.78, 5) is 11.8. The van der Waals surface area contributed by atoms with E-state index in [9.17, 15) is 4.79 Å². The summed E-state index contributed by atoms with van der Waals surface area (Å²) in [5.74, 6) is 0.926. The van der Waals surface area contributed by atoms with Gasteiger partial charge in [-0.2, -0.15) is 0 Å². The Morgan fingerprint density at radius 1 is 1.17 bits per heavy atom. The molecule has 0 aromatic rings. The summed E-state index contributed by atoms with van der Waals surface area (Å²) >= 11 is 0. The predicted octanol–water partition coefficient (Wildman–Crippen LogP) is 2.85. The van der Waals surface area contributed by atoms with Crippen LogP contribution in [-0.4, -0.2) is 24.5 Å². The summed E-state index contributed by atoms with van der Waals surface area (Å²) < 4.78 is 0. The van der Waals surface area contributed by atoms with Gasteiger partial charge in [0.1, 0.15) is 0 Å². The molecule has 1 saturated carbocycles. The lowest BCUT2D eigenvalue weighted by atomic mass is 9.84. The molecule has 106 valence electrons. The van der Waals surface area contributed by atoms with Gasteiger partial charge in [-0.1, -0.05) is 33.1 Å². The van der Waals surface area contributed by atoms with Crippen molar-refractivity contribution in [2.75, 3.05) is 6.54 Å². The first-order chi connectivity index (χ1) is 8.59. The quantitative estimate of drug-likeness (QED) is 0.686. The van der Waals surface area contributed by atoms with E-state index in [-0.39, 0.29) is 5.91 Å². The van der Waals surface area contributed by atoms with Crippen molar-refractivity contribution in [2.45, 2.75) is 77.8 Å². The second kappa shape index (κ2) is 8.52. The number of carbonyl (C=O) groups excluding carboxylic acids is 1. The summed E-state index contributed by atoms with van der Waals surface area (Å²) in [6.07, 6.45) is 8.20. The maximum atomic E-state index is 11.8. The van der Waals surface area contributed by atoms with Crippen molar-refractivity contribution >= 4 is 5.91 Å². The third-order valence-electron chi connectivity index (χ3n) is 3.88. The van der Waals surface area contributed by atoms with Gasteiger partial charge in [0, 0.05) is 18.5 Å². The number of amides is 1. The van der Waals surface area contributed by atoms with E-state index < -0.39 is 0 Å². The molecule has 0 aromatic heterocycles. The van der Waals surface area contributed by atoms with Gasteiger partial charge in [0.25, 0.3) is 0 Å². The maximum Gasteiger partial charge on any atom is 0.220 e. The monoisotopic (exact) mass is 254 g/mol. The van der Waals surface area contributed by atoms with Crippen LogP contribution in [0.3, 0.4) is 0 Å². The highest BCUT2D eigenvalue weighted by Gasteiger charge is 2.20. The van der Waals surface area contributed by atoms with Crippen molar-refractivity contribution in [1.82, 2.24) is 10.6 Å². The first-order valence-electron chi connectivity index (χ1n) is 7.62. The van der Waals surface area contributed by atoms with Crippen LogP contribution in [0.15, 0.2) is 0 Å². The molecular weight excluding hydrogens is 224 g/mol. The van der Waals surface area contributed by atoms with Gasteiger partial charge in [0.05, 0.1) is 0 Å². The van der Waals surface area contributed by atoms with Crippen LogP contribution in [0.5, 0.6) is 0 Å². The molecule has 1 amide bonds. The summed E-state index contributed by atoms with van der Waals surface area (Å²) in [6, 6.07) is 0.866. The zero-order valence-corrected chi connectivity index (χ0v) is 12.3. The molecule has 1 aliphatic rings. The first kappa shape index (κ1) is 15.5. The Kier molecular flexibility index (Phi) is 7.33. The van der Waals surface area contributed by atoms with Crippen LogP contribution in [0, 0.1) is 5.92 Å². The third-order valence-corrected chi connectivity index (χ3v) is 3.88. The normalized spacial score (nSPS) is 18.9. The van der Waals surface area contributed by atoms with E-state index in [2.05, 4.69) is 31.4 Å². The summed E-state index contributed by atoms with van der Waals surface area (Å²) in [5.41, 5.74) is 0. The molecule has 0 aliphatic heterocycles. The SMILES string of the molecule is CC(C)NCCCC(=O)N[C@@H](C)C1CCCCC1. The number of hydrogen-bond donors (Lipinski definition) is 2. The lowest BCUT2D eigenvalue weighted by molar-refractivity contribution is -0.122. The molecule has 18 heavy (non-hydrogen) atoms. The van der Waals surface area contributed by atoms with Gasteiger partial charge in [-0.25, -0.2) is 0 Å². The fraction of sp³-hybridized carbons (Fsp3) is 0.933. The minimum absolute atomic E-state index is 0.221. The molecular formula is C15H30N2O. The van der Waals surface area contributed by atoms with Gasteiger partial charge >= 0.3 is 0 Å². The summed E-state index contributed by atoms with van der Waals surface area (Å²) in [7, 11) is 0. The van der Waals surface area contributed by atoms with Crippen LogP contribution in [0.25, 0.3) is 0 Å². The molecule has 0 radical (unpaired) electrons. The average molecular weight is 254 g/mol. The third kappa shape index (κ3) is 6.39. The molecule has 0 spiro atoms. The molecule has 1 rings (SSSR count). The molecule has 0 unspecified atom stereocenters. The van der Waals surface area contributed by atoms with E-state index >= 15 is 0 Å². The van der Waals surface area contributed by atoms with E-state index in [4.69, 9.17) is 0 Å². The van der Waals surface area contributed by atoms with Gasteiger partial charge in [-0.15, -0.1) is 0 Å². The molecule has 1 aliphatic carbocycles. The Morgan fingerprint density at radius 3 is 2.44 bits per heavy atom. The Balaban J connectivity index is 2.10. The topological polar surface area (TPSA) is 41.1 Å². The van der Waals surface area contributed by atoms with Crippen LogP contribution in [-0.2, 0) is 4.79 Å². The van der Waals surface area contributed by atoms with Crippen molar-refractivity contribution in [3.63, 3.8) is 0 Å². The number of nitrogens with one attached hydrogen (secondary N) is 2. The molecule has 0 heterocycles. The predicted molar refractivity (Wildman–Crippen MR) is 76.6 cm³/mol. The largest absolute Gasteiger partial charge is 0.353 e. The van der Waals surface area contributed by atoms with Gasteiger partial charge in [-0.05, 0) is 38.6 Å². The minimum Gasteiger partial charge on any atom is -0.353 e. The Hall–Kier alpha value is -0.570. The second-order valence-corrected chi connectivity index (χ2v) is 5.97. The highest BCUT2D eigenvalue weighted by molar-refractivity contribution is 5.76. The Bertz CT molecular complexity index is 235. The van der Waals surface area contributed by atoms with Gasteiger partial charge in [-0.3, -0.25) is 4.79 Å². The lowest BCUT2D eigenvalue weighted by Gasteiger charge is -2.28. The highest BCUT2D eigenvalue weighted by Crippen LogP contribution is 2.26. The summed E-state index contributed by atoms with van der Waals surface area (Å²) in [6.45, 7) is 7.36. The zero-order valence-electron chi connectivity index (χ0n) is 12.3. The summed E-state index contributed by atoms with van der Waals surface area (Å²) in [5, 5.41) is 6.51. The minimum atomic E-state index is 0.221. The smallest absolute Gasteiger partial charge is 0.220 e. The molecule has 1 fully saturated rings. The van der Waals surface area contributed by atoms with E-state index in [0.29, 0.717) is 24.4 Å². The molecule has 3 heteroatoms. The molecule has 0 saturated heterocycles. The first-order valence-corrected chi connectivity index (χ1v) is 7.62. The Labute approximate surface area is 112 Å². The van der Waals surface area contributed by atoms with Gasteiger partial charge < -0.3 is 10.6 Å². The van der Waals surface area contributed by atoms with Crippen molar-refractivity contribution in [2.24, 2.45) is 5.92 Å². The zero-order chi connectivity index (χ0) is 13.4. The van der Waals surface area contributed by atoms with Crippen molar-refractivity contribution in [1.29, 1.82) is 0 Å². The van der Waals surface area contributed by atoms with Crippen molar-refractivity contribution < 1.29 is 4.79 Å². The van der Waals surface area contributed by atoms with Crippen LogP contribution in [0.4, 0.5) is 0 Å². The van der Waals surface area contributed by atoms with Crippen LogP contribution in [0.1, 0.15) is 65.7 Å². The molecule has 0 aromatic carbocycles. The fourth-order valence-corrected chi connectivity index (χ4v) is 2.72. The van der Waals surface area contributed by atoms with E-state index in [1.54, 1.807) is 0 Å². The fourth-order valence-electron chi connectivity index (χ4n) is 2.72. The Morgan fingerprint density at radius 2 is 1.83 bits per heavy atom. The number of carbonyl (C=O) groups is 1. The van der Waals surface area contributed by atoms with Gasteiger partial charge in [0.2, 0.25) is 5.91 Å². The van der Waals surface area contributed by atoms with E-state index in [1.165, 1.54) is 32.1 Å². The van der Waals surface area contributed by atoms with Crippen molar-refractivity contribution in [3.8, 4) is 0 Å². The van der Waals surface area contributed by atoms with Crippen LogP contribution >= 0.6 is 0 Å². The van der Waals surface area contributed by atoms with E-state index in [0.717, 1.165) is 13.0 Å². The molecule has 0 bridgehead atoms. The van der Waals surface area contributed by atoms with Crippen LogP contribution < -0.4 is 10.6 Å². The molecule has 1 atom stereocenters. The maximum absolute atomic E-state index is 11.8.